The van der Waals surface area contributed by atoms with Gasteiger partial charge in [0.1, 0.15) is 5.75 Å². The summed E-state index contributed by atoms with van der Waals surface area (Å²) in [6, 6.07) is 15.1. The van der Waals surface area contributed by atoms with E-state index in [2.05, 4.69) is 10.2 Å². The first-order valence-corrected chi connectivity index (χ1v) is 10.9. The second-order valence-corrected chi connectivity index (χ2v) is 8.33. The van der Waals surface area contributed by atoms with Crippen LogP contribution in [0.2, 0.25) is 0 Å². The van der Waals surface area contributed by atoms with E-state index in [4.69, 9.17) is 9.84 Å². The Labute approximate surface area is 182 Å². The number of carboxylic acids is 1. The summed E-state index contributed by atoms with van der Waals surface area (Å²) < 4.78 is 6.04. The van der Waals surface area contributed by atoms with Crippen LogP contribution in [-0.2, 0) is 17.8 Å². The summed E-state index contributed by atoms with van der Waals surface area (Å²) in [5, 5.41) is 12.1. The predicted octanol–water partition coefficient (Wildman–Crippen LogP) is 3.45. The van der Waals surface area contributed by atoms with Gasteiger partial charge in [-0.1, -0.05) is 30.3 Å². The van der Waals surface area contributed by atoms with E-state index in [0.29, 0.717) is 25.6 Å². The molecule has 2 fully saturated rings. The highest BCUT2D eigenvalue weighted by Gasteiger charge is 2.24. The van der Waals surface area contributed by atoms with E-state index >= 15 is 0 Å². The van der Waals surface area contributed by atoms with E-state index in [0.717, 1.165) is 42.3 Å². The number of anilines is 1. The molecule has 0 spiro atoms. The minimum atomic E-state index is -0.837. The number of benzene rings is 2. The number of amides is 2. The van der Waals surface area contributed by atoms with Gasteiger partial charge in [-0.3, -0.25) is 9.69 Å². The maximum absolute atomic E-state index is 12.5. The molecule has 4 rings (SSSR count). The van der Waals surface area contributed by atoms with Gasteiger partial charge in [-0.2, -0.15) is 0 Å². The molecule has 2 aromatic rings. The summed E-state index contributed by atoms with van der Waals surface area (Å²) >= 11 is 0. The van der Waals surface area contributed by atoms with Crippen LogP contribution in [0.15, 0.2) is 48.5 Å². The largest absolute Gasteiger partial charge is 0.493 e. The van der Waals surface area contributed by atoms with E-state index in [1.165, 1.54) is 12.8 Å². The van der Waals surface area contributed by atoms with Crippen LogP contribution in [0.5, 0.6) is 5.75 Å². The maximum atomic E-state index is 12.5. The molecule has 2 N–H and O–H groups in total. The fourth-order valence-corrected chi connectivity index (χ4v) is 3.75. The zero-order chi connectivity index (χ0) is 21.6. The SMILES string of the molecule is O=C(O)Cc1ccc(OCC2CC2)c(CN2CCN(C(=O)Nc3ccccc3)CC2)c1. The Hall–Kier alpha value is -3.06. The molecule has 2 amide bonds. The molecule has 2 aliphatic rings. The van der Waals surface area contributed by atoms with Gasteiger partial charge in [0.05, 0.1) is 13.0 Å². The Balaban J connectivity index is 1.35. The Kier molecular flexibility index (Phi) is 6.72. The standard InChI is InChI=1S/C24H29N3O4/c28-23(29)15-19-8-9-22(31-17-18-6-7-18)20(14-19)16-26-10-12-27(13-11-26)24(30)25-21-4-2-1-3-5-21/h1-5,8-9,14,18H,6-7,10-13,15-17H2,(H,25,30)(H,28,29). The second-order valence-electron chi connectivity index (χ2n) is 8.33. The number of piperazine rings is 1. The van der Waals surface area contributed by atoms with Crippen LogP contribution in [0.3, 0.4) is 0 Å². The highest BCUT2D eigenvalue weighted by atomic mass is 16.5. The van der Waals surface area contributed by atoms with Crippen LogP contribution in [-0.4, -0.2) is 59.7 Å². The van der Waals surface area contributed by atoms with Crippen molar-refractivity contribution in [3.63, 3.8) is 0 Å². The van der Waals surface area contributed by atoms with E-state index in [9.17, 15) is 9.59 Å². The molecule has 7 heteroatoms. The fourth-order valence-electron chi connectivity index (χ4n) is 3.75. The molecule has 1 saturated heterocycles. The lowest BCUT2D eigenvalue weighted by molar-refractivity contribution is -0.136. The molecule has 0 radical (unpaired) electrons. The number of hydrogen-bond acceptors (Lipinski definition) is 4. The molecule has 1 heterocycles. The molecule has 7 nitrogen and oxygen atoms in total. The Morgan fingerprint density at radius 3 is 2.45 bits per heavy atom. The third-order valence-electron chi connectivity index (χ3n) is 5.73. The summed E-state index contributed by atoms with van der Waals surface area (Å²) in [5.74, 6) is 0.652. The van der Waals surface area contributed by atoms with Gasteiger partial charge in [-0.05, 0) is 42.5 Å². The molecular formula is C24H29N3O4. The number of aliphatic carboxylic acids is 1. The van der Waals surface area contributed by atoms with Crippen molar-refractivity contribution in [1.82, 2.24) is 9.80 Å². The molecule has 2 aromatic carbocycles. The van der Waals surface area contributed by atoms with Gasteiger partial charge in [0.25, 0.3) is 0 Å². The number of carbonyl (C=O) groups excluding carboxylic acids is 1. The van der Waals surface area contributed by atoms with Gasteiger partial charge in [0.15, 0.2) is 0 Å². The van der Waals surface area contributed by atoms with E-state index < -0.39 is 5.97 Å². The maximum Gasteiger partial charge on any atom is 0.321 e. The Morgan fingerprint density at radius 2 is 1.77 bits per heavy atom. The lowest BCUT2D eigenvalue weighted by Crippen LogP contribution is -2.49. The van der Waals surface area contributed by atoms with Crippen LogP contribution in [0.1, 0.15) is 24.0 Å². The first kappa shape index (κ1) is 21.2. The molecule has 0 aromatic heterocycles. The van der Waals surface area contributed by atoms with Crippen LogP contribution < -0.4 is 10.1 Å². The molecule has 1 aliphatic carbocycles. The number of rotatable bonds is 8. The summed E-state index contributed by atoms with van der Waals surface area (Å²) in [7, 11) is 0. The van der Waals surface area contributed by atoms with Crippen molar-refractivity contribution in [1.29, 1.82) is 0 Å². The Morgan fingerprint density at radius 1 is 1.03 bits per heavy atom. The van der Waals surface area contributed by atoms with Crippen LogP contribution in [0.25, 0.3) is 0 Å². The minimum Gasteiger partial charge on any atom is -0.493 e. The third kappa shape index (κ3) is 6.21. The number of hydrogen-bond donors (Lipinski definition) is 2. The molecule has 1 aliphatic heterocycles. The van der Waals surface area contributed by atoms with Crippen LogP contribution in [0, 0.1) is 5.92 Å². The average Bonchev–Trinajstić information content (AvgIpc) is 3.58. The number of nitrogens with one attached hydrogen (secondary N) is 1. The number of para-hydroxylation sites is 1. The van der Waals surface area contributed by atoms with Crippen molar-refractivity contribution in [3.05, 3.63) is 59.7 Å². The van der Waals surface area contributed by atoms with Gasteiger partial charge >= 0.3 is 12.0 Å². The average molecular weight is 424 g/mol. The molecule has 0 bridgehead atoms. The lowest BCUT2D eigenvalue weighted by Gasteiger charge is -2.35. The van der Waals surface area contributed by atoms with Gasteiger partial charge in [0, 0.05) is 44.0 Å². The molecule has 1 saturated carbocycles. The summed E-state index contributed by atoms with van der Waals surface area (Å²) in [6.45, 7) is 4.21. The number of carbonyl (C=O) groups is 2. The molecule has 0 atom stereocenters. The van der Waals surface area contributed by atoms with Crippen molar-refractivity contribution >= 4 is 17.7 Å². The highest BCUT2D eigenvalue weighted by Crippen LogP contribution is 2.31. The summed E-state index contributed by atoms with van der Waals surface area (Å²) in [5.41, 5.74) is 2.59. The molecule has 31 heavy (non-hydrogen) atoms. The van der Waals surface area contributed by atoms with Gasteiger partial charge in [0.2, 0.25) is 0 Å². The predicted molar refractivity (Wildman–Crippen MR) is 118 cm³/mol. The quantitative estimate of drug-likeness (QED) is 0.680. The summed E-state index contributed by atoms with van der Waals surface area (Å²) in [6.07, 6.45) is 2.45. The normalized spacial score (nSPS) is 16.7. The zero-order valence-corrected chi connectivity index (χ0v) is 17.6. The van der Waals surface area contributed by atoms with E-state index in [1.807, 2.05) is 53.4 Å². The van der Waals surface area contributed by atoms with E-state index in [1.54, 1.807) is 0 Å². The monoisotopic (exact) mass is 423 g/mol. The lowest BCUT2D eigenvalue weighted by atomic mass is 10.1. The fraction of sp³-hybridized carbons (Fsp3) is 0.417. The van der Waals surface area contributed by atoms with Crippen molar-refractivity contribution in [2.75, 3.05) is 38.1 Å². The van der Waals surface area contributed by atoms with Crippen molar-refractivity contribution in [2.24, 2.45) is 5.92 Å². The first-order chi connectivity index (χ1) is 15.1. The number of nitrogens with zero attached hydrogens (tertiary/aromatic N) is 2. The van der Waals surface area contributed by atoms with E-state index in [-0.39, 0.29) is 12.5 Å². The molecule has 164 valence electrons. The van der Waals surface area contributed by atoms with Gasteiger partial charge in [-0.15, -0.1) is 0 Å². The number of urea groups is 1. The third-order valence-corrected chi connectivity index (χ3v) is 5.73. The van der Waals surface area contributed by atoms with Gasteiger partial charge < -0.3 is 20.1 Å². The zero-order valence-electron chi connectivity index (χ0n) is 17.6. The van der Waals surface area contributed by atoms with Crippen LogP contribution >= 0.6 is 0 Å². The molecular weight excluding hydrogens is 394 g/mol. The number of carboxylic acid groups (broad SMARTS) is 1. The second kappa shape index (κ2) is 9.83. The highest BCUT2D eigenvalue weighted by molar-refractivity contribution is 5.89. The topological polar surface area (TPSA) is 82.1 Å². The first-order valence-electron chi connectivity index (χ1n) is 10.9. The van der Waals surface area contributed by atoms with Gasteiger partial charge in [-0.25, -0.2) is 4.79 Å². The van der Waals surface area contributed by atoms with Crippen molar-refractivity contribution < 1.29 is 19.4 Å². The summed E-state index contributed by atoms with van der Waals surface area (Å²) in [4.78, 5) is 27.7. The van der Waals surface area contributed by atoms with Crippen molar-refractivity contribution in [2.45, 2.75) is 25.8 Å². The van der Waals surface area contributed by atoms with Crippen molar-refractivity contribution in [3.8, 4) is 5.75 Å². The smallest absolute Gasteiger partial charge is 0.321 e. The minimum absolute atomic E-state index is 0.00331. The van der Waals surface area contributed by atoms with Crippen LogP contribution in [0.4, 0.5) is 10.5 Å². The number of ether oxygens (including phenoxy) is 1. The Bertz CT molecular complexity index is 906. The molecule has 0 unspecified atom stereocenters.